The SMILES string of the molecule is COC(=O)C1=C(C(=O)OC)N(c2ccc(CC3COC(=O)N3)cc2)COC1. The largest absolute Gasteiger partial charge is 0.466 e. The van der Waals surface area contributed by atoms with Crippen LogP contribution in [-0.2, 0) is 35.0 Å². The molecule has 0 saturated carbocycles. The highest BCUT2D eigenvalue weighted by Gasteiger charge is 2.32. The van der Waals surface area contributed by atoms with Gasteiger partial charge in [0.15, 0.2) is 0 Å². The Morgan fingerprint density at radius 2 is 1.89 bits per heavy atom. The molecule has 1 fully saturated rings. The number of nitrogens with one attached hydrogen (secondary N) is 1. The van der Waals surface area contributed by atoms with E-state index in [-0.39, 0.29) is 30.6 Å². The lowest BCUT2D eigenvalue weighted by atomic mass is 10.1. The van der Waals surface area contributed by atoms with Crippen molar-refractivity contribution < 1.29 is 33.3 Å². The zero-order chi connectivity index (χ0) is 19.4. The topological polar surface area (TPSA) is 103 Å². The molecule has 0 aliphatic carbocycles. The van der Waals surface area contributed by atoms with E-state index < -0.39 is 18.0 Å². The first-order chi connectivity index (χ1) is 13.0. The lowest BCUT2D eigenvalue weighted by Crippen LogP contribution is -2.38. The fraction of sp³-hybridized carbons (Fsp3) is 0.389. The van der Waals surface area contributed by atoms with E-state index in [4.69, 9.17) is 18.9 Å². The predicted molar refractivity (Wildman–Crippen MR) is 92.8 cm³/mol. The van der Waals surface area contributed by atoms with E-state index in [1.165, 1.54) is 14.2 Å². The molecule has 2 aliphatic rings. The number of esters is 2. The van der Waals surface area contributed by atoms with Crippen LogP contribution in [0, 0.1) is 0 Å². The average Bonchev–Trinajstić information content (AvgIpc) is 3.11. The summed E-state index contributed by atoms with van der Waals surface area (Å²) in [5, 5.41) is 2.72. The van der Waals surface area contributed by atoms with Crippen LogP contribution in [0.25, 0.3) is 0 Å². The van der Waals surface area contributed by atoms with Crippen molar-refractivity contribution >= 4 is 23.7 Å². The van der Waals surface area contributed by atoms with Gasteiger partial charge in [0.05, 0.1) is 32.4 Å². The molecule has 1 atom stereocenters. The standard InChI is InChI=1S/C18H20N2O7/c1-24-16(21)14-9-26-10-20(15(14)17(22)25-2)13-5-3-11(4-6-13)7-12-8-27-18(23)19-12/h3-6,12H,7-10H2,1-2H3,(H,19,23). The summed E-state index contributed by atoms with van der Waals surface area (Å²) in [7, 11) is 2.49. The van der Waals surface area contributed by atoms with Gasteiger partial charge in [-0.15, -0.1) is 0 Å². The second kappa shape index (κ2) is 8.09. The average molecular weight is 376 g/mol. The van der Waals surface area contributed by atoms with Crippen LogP contribution in [0.4, 0.5) is 10.5 Å². The normalized spacial score (nSPS) is 19.4. The van der Waals surface area contributed by atoms with Crippen LogP contribution in [-0.4, -0.2) is 58.2 Å². The maximum atomic E-state index is 12.3. The number of hydrogen-bond acceptors (Lipinski definition) is 8. The Morgan fingerprint density at radius 1 is 1.19 bits per heavy atom. The highest BCUT2D eigenvalue weighted by atomic mass is 16.6. The quantitative estimate of drug-likeness (QED) is 0.593. The maximum absolute atomic E-state index is 12.3. The minimum Gasteiger partial charge on any atom is -0.466 e. The van der Waals surface area contributed by atoms with E-state index >= 15 is 0 Å². The number of nitrogens with zero attached hydrogens (tertiary/aromatic N) is 1. The highest BCUT2D eigenvalue weighted by molar-refractivity contribution is 6.03. The van der Waals surface area contributed by atoms with Gasteiger partial charge in [0.25, 0.3) is 0 Å². The summed E-state index contributed by atoms with van der Waals surface area (Å²) >= 11 is 0. The van der Waals surface area contributed by atoms with Crippen LogP contribution in [0.1, 0.15) is 5.56 Å². The second-order valence-corrected chi connectivity index (χ2v) is 6.03. The molecule has 1 N–H and O–H groups in total. The molecule has 0 bridgehead atoms. The van der Waals surface area contributed by atoms with Crippen LogP contribution < -0.4 is 10.2 Å². The summed E-state index contributed by atoms with van der Waals surface area (Å²) < 4.78 is 19.9. The van der Waals surface area contributed by atoms with E-state index in [1.807, 2.05) is 12.1 Å². The van der Waals surface area contributed by atoms with Crippen LogP contribution in [0.15, 0.2) is 35.5 Å². The van der Waals surface area contributed by atoms with Crippen molar-refractivity contribution in [3.63, 3.8) is 0 Å². The Bertz CT molecular complexity index is 772. The molecular weight excluding hydrogens is 356 g/mol. The number of carbonyl (C=O) groups excluding carboxylic acids is 3. The number of carbonyl (C=O) groups is 3. The molecule has 1 saturated heterocycles. The van der Waals surface area contributed by atoms with Gasteiger partial charge >= 0.3 is 18.0 Å². The molecule has 9 heteroatoms. The molecule has 144 valence electrons. The fourth-order valence-electron chi connectivity index (χ4n) is 2.98. The predicted octanol–water partition coefficient (Wildman–Crippen LogP) is 0.732. The van der Waals surface area contributed by atoms with Crippen molar-refractivity contribution in [1.29, 1.82) is 0 Å². The number of hydrogen-bond donors (Lipinski definition) is 1. The summed E-state index contributed by atoms with van der Waals surface area (Å²) in [5.74, 6) is -1.29. The first-order valence-electron chi connectivity index (χ1n) is 8.30. The highest BCUT2D eigenvalue weighted by Crippen LogP contribution is 2.27. The molecule has 27 heavy (non-hydrogen) atoms. The van der Waals surface area contributed by atoms with Crippen molar-refractivity contribution in [3.05, 3.63) is 41.1 Å². The Morgan fingerprint density at radius 3 is 2.48 bits per heavy atom. The summed E-state index contributed by atoms with van der Waals surface area (Å²) in [6.45, 7) is 0.391. The molecule has 0 aromatic heterocycles. The van der Waals surface area contributed by atoms with Gasteiger partial charge in [0.2, 0.25) is 0 Å². The minimum atomic E-state index is -0.645. The summed E-state index contributed by atoms with van der Waals surface area (Å²) in [6, 6.07) is 7.29. The summed E-state index contributed by atoms with van der Waals surface area (Å²) in [4.78, 5) is 36.9. The molecule has 1 aromatic carbocycles. The lowest BCUT2D eigenvalue weighted by Gasteiger charge is -2.31. The molecule has 2 heterocycles. The molecule has 1 aromatic rings. The van der Waals surface area contributed by atoms with E-state index in [9.17, 15) is 14.4 Å². The number of alkyl carbamates (subject to hydrolysis) is 1. The minimum absolute atomic E-state index is 0.0347. The summed E-state index contributed by atoms with van der Waals surface area (Å²) in [5.41, 5.74) is 1.85. The van der Waals surface area contributed by atoms with Gasteiger partial charge in [-0.2, -0.15) is 0 Å². The monoisotopic (exact) mass is 376 g/mol. The third-order valence-electron chi connectivity index (χ3n) is 4.30. The van der Waals surface area contributed by atoms with Crippen LogP contribution in [0.5, 0.6) is 0 Å². The van der Waals surface area contributed by atoms with Crippen molar-refractivity contribution in [2.45, 2.75) is 12.5 Å². The van der Waals surface area contributed by atoms with Gasteiger partial charge in [-0.1, -0.05) is 12.1 Å². The van der Waals surface area contributed by atoms with Gasteiger partial charge in [0, 0.05) is 5.69 Å². The van der Waals surface area contributed by atoms with Crippen LogP contribution >= 0.6 is 0 Å². The number of benzene rings is 1. The molecular formula is C18H20N2O7. The van der Waals surface area contributed by atoms with Gasteiger partial charge in [-0.05, 0) is 24.1 Å². The lowest BCUT2D eigenvalue weighted by molar-refractivity contribution is -0.140. The van der Waals surface area contributed by atoms with Gasteiger partial charge in [-0.25, -0.2) is 14.4 Å². The molecule has 1 unspecified atom stereocenters. The molecule has 0 spiro atoms. The van der Waals surface area contributed by atoms with Crippen LogP contribution in [0.2, 0.25) is 0 Å². The smallest absolute Gasteiger partial charge is 0.407 e. The number of cyclic esters (lactones) is 1. The zero-order valence-corrected chi connectivity index (χ0v) is 15.0. The van der Waals surface area contributed by atoms with Gasteiger partial charge < -0.3 is 29.2 Å². The van der Waals surface area contributed by atoms with E-state index in [1.54, 1.807) is 17.0 Å². The van der Waals surface area contributed by atoms with Crippen molar-refractivity contribution in [2.24, 2.45) is 0 Å². The van der Waals surface area contributed by atoms with Crippen molar-refractivity contribution in [2.75, 3.05) is 39.1 Å². The first-order valence-corrected chi connectivity index (χ1v) is 8.30. The van der Waals surface area contributed by atoms with Gasteiger partial charge in [-0.3, -0.25) is 0 Å². The molecule has 3 rings (SSSR count). The summed E-state index contributed by atoms with van der Waals surface area (Å²) in [6.07, 6.45) is 0.209. The second-order valence-electron chi connectivity index (χ2n) is 6.03. The Hall–Kier alpha value is -3.07. The Kier molecular flexibility index (Phi) is 5.60. The molecule has 2 aliphatic heterocycles. The molecule has 1 amide bonds. The maximum Gasteiger partial charge on any atom is 0.407 e. The van der Waals surface area contributed by atoms with Crippen molar-refractivity contribution in [1.82, 2.24) is 5.32 Å². The fourth-order valence-corrected chi connectivity index (χ4v) is 2.98. The van der Waals surface area contributed by atoms with E-state index in [0.29, 0.717) is 18.7 Å². The number of ether oxygens (including phenoxy) is 4. The number of methoxy groups -OCH3 is 2. The number of rotatable bonds is 5. The Labute approximate surface area is 155 Å². The number of anilines is 1. The van der Waals surface area contributed by atoms with Crippen molar-refractivity contribution in [3.8, 4) is 0 Å². The first kappa shape index (κ1) is 18.7. The van der Waals surface area contributed by atoms with Crippen LogP contribution in [0.3, 0.4) is 0 Å². The zero-order valence-electron chi connectivity index (χ0n) is 15.0. The number of amides is 1. The van der Waals surface area contributed by atoms with Gasteiger partial charge in [0.1, 0.15) is 19.0 Å². The van der Waals surface area contributed by atoms with E-state index in [0.717, 1.165) is 5.56 Å². The third-order valence-corrected chi connectivity index (χ3v) is 4.30. The molecule has 0 radical (unpaired) electrons. The Balaban J connectivity index is 1.83. The molecule has 9 nitrogen and oxygen atoms in total. The van der Waals surface area contributed by atoms with E-state index in [2.05, 4.69) is 5.32 Å². The third kappa shape index (κ3) is 4.03.